The van der Waals surface area contributed by atoms with Crippen molar-refractivity contribution in [3.8, 4) is 11.4 Å². The summed E-state index contributed by atoms with van der Waals surface area (Å²) in [5, 5.41) is 7.28. The van der Waals surface area contributed by atoms with Crippen molar-refractivity contribution in [2.75, 3.05) is 36.4 Å². The van der Waals surface area contributed by atoms with Crippen LogP contribution in [0.3, 0.4) is 0 Å². The largest absolute Gasteiger partial charge is 0.353 e. The molecule has 2 aromatic heterocycles. The van der Waals surface area contributed by atoms with Crippen molar-refractivity contribution in [1.82, 2.24) is 20.0 Å². The highest BCUT2D eigenvalue weighted by atomic mass is 35.5. The van der Waals surface area contributed by atoms with Gasteiger partial charge in [0.15, 0.2) is 0 Å². The number of amides is 2. The molecule has 8 nitrogen and oxygen atoms in total. The highest BCUT2D eigenvalue weighted by Crippen LogP contribution is 2.22. The van der Waals surface area contributed by atoms with Gasteiger partial charge in [0.25, 0.3) is 0 Å². The molecule has 1 aliphatic rings. The Morgan fingerprint density at radius 2 is 1.93 bits per heavy atom. The lowest BCUT2D eigenvalue weighted by Crippen LogP contribution is -2.50. The van der Waals surface area contributed by atoms with E-state index in [1.54, 1.807) is 30.2 Å². The molecule has 3 heterocycles. The van der Waals surface area contributed by atoms with E-state index in [2.05, 4.69) is 25.3 Å². The van der Waals surface area contributed by atoms with Gasteiger partial charge in [-0.05, 0) is 24.3 Å². The van der Waals surface area contributed by atoms with E-state index in [0.717, 1.165) is 11.4 Å². The zero-order valence-electron chi connectivity index (χ0n) is 15.3. The van der Waals surface area contributed by atoms with Crippen LogP contribution in [0.4, 0.5) is 16.3 Å². The van der Waals surface area contributed by atoms with E-state index in [-0.39, 0.29) is 6.03 Å². The van der Waals surface area contributed by atoms with E-state index < -0.39 is 0 Å². The summed E-state index contributed by atoms with van der Waals surface area (Å²) < 4.78 is 5.00. The molecule has 0 aliphatic carbocycles. The van der Waals surface area contributed by atoms with Gasteiger partial charge < -0.3 is 19.6 Å². The number of urea groups is 1. The number of carbonyl (C=O) groups excluding carboxylic acids is 1. The molecule has 28 heavy (non-hydrogen) atoms. The van der Waals surface area contributed by atoms with Gasteiger partial charge in [0.2, 0.25) is 11.7 Å². The third-order valence-corrected chi connectivity index (χ3v) is 4.87. The molecule has 1 aliphatic heterocycles. The monoisotopic (exact) mass is 398 g/mol. The second-order valence-corrected chi connectivity index (χ2v) is 6.83. The first-order valence-electron chi connectivity index (χ1n) is 8.92. The van der Waals surface area contributed by atoms with Crippen molar-refractivity contribution in [2.24, 2.45) is 0 Å². The van der Waals surface area contributed by atoms with Crippen molar-refractivity contribution in [3.05, 3.63) is 53.5 Å². The zero-order valence-corrected chi connectivity index (χ0v) is 16.1. The summed E-state index contributed by atoms with van der Waals surface area (Å²) in [6, 6.07) is 10.9. The Bertz CT molecular complexity index is 967. The first-order valence-corrected chi connectivity index (χ1v) is 9.30. The van der Waals surface area contributed by atoms with Gasteiger partial charge in [-0.1, -0.05) is 28.9 Å². The maximum Gasteiger partial charge on any atom is 0.322 e. The Balaban J connectivity index is 1.35. The van der Waals surface area contributed by atoms with E-state index in [4.69, 9.17) is 16.1 Å². The standard InChI is InChI=1S/C19H19ClN6O2/c1-13-22-18(24-28-13)14-6-7-17(21-12-14)25-8-10-26(11-9-25)19(27)23-16-5-3-2-4-15(16)20/h2-7,12H,8-11H2,1H3,(H,23,27). The van der Waals surface area contributed by atoms with Gasteiger partial charge in [-0.15, -0.1) is 0 Å². The van der Waals surface area contributed by atoms with Crippen molar-refractivity contribution in [2.45, 2.75) is 6.92 Å². The SMILES string of the molecule is Cc1nc(-c2ccc(N3CCN(C(=O)Nc4ccccc4Cl)CC3)nc2)no1. The maximum absolute atomic E-state index is 12.5. The summed E-state index contributed by atoms with van der Waals surface area (Å²) >= 11 is 6.10. The summed E-state index contributed by atoms with van der Waals surface area (Å²) in [6.45, 7) is 4.35. The van der Waals surface area contributed by atoms with Gasteiger partial charge in [0, 0.05) is 44.9 Å². The Hall–Kier alpha value is -3.13. The number of piperazine rings is 1. The third-order valence-electron chi connectivity index (χ3n) is 4.54. The van der Waals surface area contributed by atoms with Crippen molar-refractivity contribution in [3.63, 3.8) is 0 Å². The predicted molar refractivity (Wildman–Crippen MR) is 107 cm³/mol. The number of nitrogens with zero attached hydrogens (tertiary/aromatic N) is 5. The smallest absolute Gasteiger partial charge is 0.322 e. The van der Waals surface area contributed by atoms with Crippen LogP contribution in [0.2, 0.25) is 5.02 Å². The molecule has 9 heteroatoms. The summed E-state index contributed by atoms with van der Waals surface area (Å²) in [4.78, 5) is 25.1. The van der Waals surface area contributed by atoms with Crippen LogP contribution in [0.25, 0.3) is 11.4 Å². The Morgan fingerprint density at radius 1 is 1.14 bits per heavy atom. The lowest BCUT2D eigenvalue weighted by molar-refractivity contribution is 0.208. The molecule has 0 spiro atoms. The van der Waals surface area contributed by atoms with Gasteiger partial charge in [0.1, 0.15) is 5.82 Å². The molecular formula is C19H19ClN6O2. The van der Waals surface area contributed by atoms with E-state index in [1.807, 2.05) is 24.3 Å². The number of anilines is 2. The number of aryl methyl sites for hydroxylation is 1. The van der Waals surface area contributed by atoms with Crippen LogP contribution in [-0.2, 0) is 0 Å². The molecule has 0 radical (unpaired) electrons. The molecule has 4 rings (SSSR count). The van der Waals surface area contributed by atoms with Crippen LogP contribution in [0.5, 0.6) is 0 Å². The van der Waals surface area contributed by atoms with Crippen LogP contribution in [0.1, 0.15) is 5.89 Å². The molecular weight excluding hydrogens is 380 g/mol. The summed E-state index contributed by atoms with van der Waals surface area (Å²) in [7, 11) is 0. The summed E-state index contributed by atoms with van der Waals surface area (Å²) in [6.07, 6.45) is 1.73. The molecule has 1 N–H and O–H groups in total. The van der Waals surface area contributed by atoms with E-state index in [9.17, 15) is 4.79 Å². The Kier molecular flexibility index (Phi) is 5.12. The fraction of sp³-hybridized carbons (Fsp3) is 0.263. The lowest BCUT2D eigenvalue weighted by atomic mass is 10.2. The maximum atomic E-state index is 12.5. The zero-order chi connectivity index (χ0) is 19.5. The van der Waals surface area contributed by atoms with E-state index in [1.165, 1.54) is 0 Å². The molecule has 1 aromatic carbocycles. The minimum atomic E-state index is -0.150. The van der Waals surface area contributed by atoms with Crippen LogP contribution in [-0.4, -0.2) is 52.2 Å². The molecule has 0 unspecified atom stereocenters. The summed E-state index contributed by atoms with van der Waals surface area (Å²) in [5.41, 5.74) is 1.42. The van der Waals surface area contributed by atoms with Crippen LogP contribution in [0.15, 0.2) is 47.1 Å². The minimum absolute atomic E-state index is 0.150. The highest BCUT2D eigenvalue weighted by Gasteiger charge is 2.22. The molecule has 0 saturated carbocycles. The quantitative estimate of drug-likeness (QED) is 0.727. The van der Waals surface area contributed by atoms with Crippen LogP contribution < -0.4 is 10.2 Å². The average Bonchev–Trinajstić information content (AvgIpc) is 3.16. The minimum Gasteiger partial charge on any atom is -0.353 e. The molecule has 3 aromatic rings. The first kappa shape index (κ1) is 18.2. The highest BCUT2D eigenvalue weighted by molar-refractivity contribution is 6.33. The molecule has 0 bridgehead atoms. The molecule has 2 amide bonds. The van der Waals surface area contributed by atoms with Crippen molar-refractivity contribution < 1.29 is 9.32 Å². The number of aromatic nitrogens is 3. The second-order valence-electron chi connectivity index (χ2n) is 6.43. The van der Waals surface area contributed by atoms with Gasteiger partial charge in [-0.3, -0.25) is 0 Å². The van der Waals surface area contributed by atoms with Crippen LogP contribution in [0, 0.1) is 6.92 Å². The topological polar surface area (TPSA) is 87.4 Å². The fourth-order valence-corrected chi connectivity index (χ4v) is 3.20. The number of para-hydroxylation sites is 1. The lowest BCUT2D eigenvalue weighted by Gasteiger charge is -2.35. The Morgan fingerprint density at radius 3 is 2.57 bits per heavy atom. The number of hydrogen-bond acceptors (Lipinski definition) is 6. The fourth-order valence-electron chi connectivity index (χ4n) is 3.02. The molecule has 1 fully saturated rings. The van der Waals surface area contributed by atoms with Gasteiger partial charge in [0.05, 0.1) is 10.7 Å². The van der Waals surface area contributed by atoms with Gasteiger partial charge in [-0.2, -0.15) is 4.98 Å². The summed E-state index contributed by atoms with van der Waals surface area (Å²) in [5.74, 6) is 1.90. The predicted octanol–water partition coefficient (Wildman–Crippen LogP) is 3.45. The number of rotatable bonds is 3. The van der Waals surface area contributed by atoms with Gasteiger partial charge in [-0.25, -0.2) is 9.78 Å². The van der Waals surface area contributed by atoms with Crippen LogP contribution >= 0.6 is 11.6 Å². The van der Waals surface area contributed by atoms with E-state index in [0.29, 0.717) is 48.6 Å². The normalized spacial score (nSPS) is 14.2. The molecule has 1 saturated heterocycles. The van der Waals surface area contributed by atoms with E-state index >= 15 is 0 Å². The first-order chi connectivity index (χ1) is 13.6. The number of benzene rings is 1. The number of nitrogens with one attached hydrogen (secondary N) is 1. The molecule has 144 valence electrons. The van der Waals surface area contributed by atoms with Crippen molar-refractivity contribution in [1.29, 1.82) is 0 Å². The number of hydrogen-bond donors (Lipinski definition) is 1. The number of halogens is 1. The van der Waals surface area contributed by atoms with Gasteiger partial charge >= 0.3 is 6.03 Å². The third kappa shape index (κ3) is 3.91. The van der Waals surface area contributed by atoms with Crippen molar-refractivity contribution >= 4 is 29.1 Å². The Labute approximate surface area is 167 Å². The number of pyridine rings is 1. The number of carbonyl (C=O) groups is 1. The average molecular weight is 399 g/mol. The molecule has 0 atom stereocenters. The second kappa shape index (κ2) is 7.85.